The summed E-state index contributed by atoms with van der Waals surface area (Å²) in [5, 5.41) is 3.33. The Bertz CT molecular complexity index is 547. The lowest BCUT2D eigenvalue weighted by Gasteiger charge is -2.12. The quantitative estimate of drug-likeness (QED) is 0.561. The summed E-state index contributed by atoms with van der Waals surface area (Å²) in [5.74, 6) is -2.21. The molecule has 0 heterocycles. The summed E-state index contributed by atoms with van der Waals surface area (Å²) in [6.07, 6.45) is 3.25. The first-order chi connectivity index (χ1) is 9.86. The number of halogens is 2. The molecule has 0 spiro atoms. The molecular weight excluding hydrogens is 296 g/mol. The molecule has 21 heavy (non-hydrogen) atoms. The average molecular weight is 319 g/mol. The highest BCUT2D eigenvalue weighted by Gasteiger charge is 2.16. The molecule has 1 N–H and O–H groups in total. The number of hydrogen-bond donors (Lipinski definition) is 1. The van der Waals surface area contributed by atoms with Crippen LogP contribution in [-0.2, 0) is 9.84 Å². The largest absolute Gasteiger partial charge is 0.314 e. The van der Waals surface area contributed by atoms with Crippen molar-refractivity contribution in [1.29, 1.82) is 0 Å². The zero-order valence-electron chi connectivity index (χ0n) is 12.5. The lowest BCUT2D eigenvalue weighted by molar-refractivity contribution is 0.493. The third-order valence-corrected chi connectivity index (χ3v) is 5.09. The Hall–Kier alpha value is -1.01. The van der Waals surface area contributed by atoms with Gasteiger partial charge < -0.3 is 5.32 Å². The fraction of sp³-hybridized carbons (Fsp3) is 0.600. The van der Waals surface area contributed by atoms with E-state index in [0.717, 1.165) is 44.0 Å². The summed E-state index contributed by atoms with van der Waals surface area (Å²) in [5.41, 5.74) is 0. The van der Waals surface area contributed by atoms with E-state index in [9.17, 15) is 17.2 Å². The van der Waals surface area contributed by atoms with Gasteiger partial charge in [0, 0.05) is 6.04 Å². The molecule has 120 valence electrons. The van der Waals surface area contributed by atoms with Crippen LogP contribution in [0, 0.1) is 11.6 Å². The summed E-state index contributed by atoms with van der Waals surface area (Å²) in [6.45, 7) is 5.11. The standard InChI is InChI=1S/C15H23F2NO2S/c1-3-9-18-12(2)6-4-5-10-21(19,20)13-7-8-14(16)15(17)11-13/h7-8,11-12,18H,3-6,9-10H2,1-2H3. The Morgan fingerprint density at radius 1 is 1.19 bits per heavy atom. The molecule has 1 unspecified atom stereocenters. The molecule has 0 radical (unpaired) electrons. The molecule has 0 aromatic heterocycles. The highest BCUT2D eigenvalue weighted by atomic mass is 32.2. The van der Waals surface area contributed by atoms with Gasteiger partial charge in [0.25, 0.3) is 0 Å². The highest BCUT2D eigenvalue weighted by Crippen LogP contribution is 2.17. The number of hydrogen-bond acceptors (Lipinski definition) is 3. The SMILES string of the molecule is CCCNC(C)CCCCS(=O)(=O)c1ccc(F)c(F)c1. The van der Waals surface area contributed by atoms with E-state index < -0.39 is 21.5 Å². The molecule has 6 heteroatoms. The molecule has 0 fully saturated rings. The van der Waals surface area contributed by atoms with Gasteiger partial charge in [-0.1, -0.05) is 13.3 Å². The van der Waals surface area contributed by atoms with Gasteiger partial charge in [-0.25, -0.2) is 17.2 Å². The zero-order valence-corrected chi connectivity index (χ0v) is 13.3. The fourth-order valence-corrected chi connectivity index (χ4v) is 3.40. The van der Waals surface area contributed by atoms with Crippen LogP contribution in [0.1, 0.15) is 39.5 Å². The van der Waals surface area contributed by atoms with Crippen LogP contribution < -0.4 is 5.32 Å². The normalized spacial score (nSPS) is 13.3. The van der Waals surface area contributed by atoms with Crippen LogP contribution in [0.15, 0.2) is 23.1 Å². The second-order valence-corrected chi connectivity index (χ2v) is 7.35. The minimum Gasteiger partial charge on any atom is -0.314 e. The molecule has 0 aliphatic rings. The van der Waals surface area contributed by atoms with Gasteiger partial charge in [0.2, 0.25) is 0 Å². The van der Waals surface area contributed by atoms with Crippen LogP contribution in [0.5, 0.6) is 0 Å². The van der Waals surface area contributed by atoms with Gasteiger partial charge in [0.1, 0.15) is 0 Å². The van der Waals surface area contributed by atoms with Gasteiger partial charge in [-0.05, 0) is 50.9 Å². The highest BCUT2D eigenvalue weighted by molar-refractivity contribution is 7.91. The third kappa shape index (κ3) is 6.09. The van der Waals surface area contributed by atoms with Crippen LogP contribution in [0.2, 0.25) is 0 Å². The summed E-state index contributed by atoms with van der Waals surface area (Å²) in [4.78, 5) is -0.154. The van der Waals surface area contributed by atoms with Crippen LogP contribution in [0.25, 0.3) is 0 Å². The maximum atomic E-state index is 13.1. The Morgan fingerprint density at radius 3 is 2.52 bits per heavy atom. The van der Waals surface area contributed by atoms with E-state index in [1.54, 1.807) is 0 Å². The molecule has 1 rings (SSSR count). The molecule has 0 aliphatic heterocycles. The molecular formula is C15H23F2NO2S. The van der Waals surface area contributed by atoms with Crippen molar-refractivity contribution in [3.8, 4) is 0 Å². The predicted molar refractivity (Wildman–Crippen MR) is 80.0 cm³/mol. The van der Waals surface area contributed by atoms with E-state index in [0.29, 0.717) is 12.5 Å². The van der Waals surface area contributed by atoms with Crippen molar-refractivity contribution >= 4 is 9.84 Å². The molecule has 0 aliphatic carbocycles. The maximum absolute atomic E-state index is 13.1. The molecule has 0 saturated carbocycles. The monoisotopic (exact) mass is 319 g/mol. The van der Waals surface area contributed by atoms with Gasteiger partial charge in [0.05, 0.1) is 10.6 Å². The van der Waals surface area contributed by atoms with Crippen molar-refractivity contribution in [1.82, 2.24) is 5.32 Å². The minimum atomic E-state index is -3.54. The first-order valence-electron chi connectivity index (χ1n) is 7.28. The second-order valence-electron chi connectivity index (χ2n) is 5.25. The smallest absolute Gasteiger partial charge is 0.178 e. The van der Waals surface area contributed by atoms with Crippen molar-refractivity contribution in [2.24, 2.45) is 0 Å². The van der Waals surface area contributed by atoms with Gasteiger partial charge in [-0.3, -0.25) is 0 Å². The molecule has 1 aromatic carbocycles. The fourth-order valence-electron chi connectivity index (χ4n) is 2.02. The van der Waals surface area contributed by atoms with E-state index in [1.165, 1.54) is 0 Å². The first-order valence-corrected chi connectivity index (χ1v) is 8.93. The van der Waals surface area contributed by atoms with Crippen LogP contribution in [-0.4, -0.2) is 26.8 Å². The number of sulfone groups is 1. The topological polar surface area (TPSA) is 46.2 Å². The molecule has 0 saturated heterocycles. The first kappa shape index (κ1) is 18.0. The predicted octanol–water partition coefficient (Wildman–Crippen LogP) is 3.30. The summed E-state index contributed by atoms with van der Waals surface area (Å²) in [7, 11) is -3.54. The lowest BCUT2D eigenvalue weighted by atomic mass is 10.1. The van der Waals surface area contributed by atoms with Crippen LogP contribution >= 0.6 is 0 Å². The molecule has 1 aromatic rings. The van der Waals surface area contributed by atoms with Crippen molar-refractivity contribution in [2.75, 3.05) is 12.3 Å². The van der Waals surface area contributed by atoms with Crippen molar-refractivity contribution in [3.63, 3.8) is 0 Å². The second kappa shape index (κ2) is 8.44. The summed E-state index contributed by atoms with van der Waals surface area (Å²) >= 11 is 0. The van der Waals surface area contributed by atoms with E-state index in [2.05, 4.69) is 19.2 Å². The molecule has 1 atom stereocenters. The van der Waals surface area contributed by atoms with Crippen LogP contribution in [0.3, 0.4) is 0 Å². The minimum absolute atomic E-state index is 0.0431. The molecule has 0 bridgehead atoms. The average Bonchev–Trinajstić information content (AvgIpc) is 2.44. The van der Waals surface area contributed by atoms with E-state index in [-0.39, 0.29) is 10.6 Å². The maximum Gasteiger partial charge on any atom is 0.178 e. The van der Waals surface area contributed by atoms with Gasteiger partial charge in [-0.15, -0.1) is 0 Å². The summed E-state index contributed by atoms with van der Waals surface area (Å²) < 4.78 is 49.9. The number of nitrogens with one attached hydrogen (secondary N) is 1. The lowest BCUT2D eigenvalue weighted by Crippen LogP contribution is -2.26. The van der Waals surface area contributed by atoms with Gasteiger partial charge in [0.15, 0.2) is 21.5 Å². The Morgan fingerprint density at radius 2 is 1.90 bits per heavy atom. The van der Waals surface area contributed by atoms with Crippen molar-refractivity contribution < 1.29 is 17.2 Å². The number of benzene rings is 1. The number of rotatable bonds is 9. The summed E-state index contributed by atoms with van der Waals surface area (Å²) in [6, 6.07) is 3.06. The Balaban J connectivity index is 2.44. The van der Waals surface area contributed by atoms with Crippen molar-refractivity contribution in [3.05, 3.63) is 29.8 Å². The van der Waals surface area contributed by atoms with E-state index in [4.69, 9.17) is 0 Å². The molecule has 3 nitrogen and oxygen atoms in total. The Kier molecular flexibility index (Phi) is 7.25. The molecule has 0 amide bonds. The zero-order chi connectivity index (χ0) is 15.9. The van der Waals surface area contributed by atoms with E-state index >= 15 is 0 Å². The van der Waals surface area contributed by atoms with E-state index in [1.807, 2.05) is 0 Å². The van der Waals surface area contributed by atoms with Gasteiger partial charge in [-0.2, -0.15) is 0 Å². The van der Waals surface area contributed by atoms with Crippen molar-refractivity contribution in [2.45, 2.75) is 50.5 Å². The van der Waals surface area contributed by atoms with Gasteiger partial charge >= 0.3 is 0 Å². The third-order valence-electron chi connectivity index (χ3n) is 3.29. The van der Waals surface area contributed by atoms with Crippen LogP contribution in [0.4, 0.5) is 8.78 Å². The Labute approximate surface area is 125 Å². The number of unbranched alkanes of at least 4 members (excludes halogenated alkanes) is 1.